The third-order valence-electron chi connectivity index (χ3n) is 2.33. The average molecular weight is 318 g/mol. The molecule has 84 valence electrons. The highest BCUT2D eigenvalue weighted by atomic mass is 79.9. The van der Waals surface area contributed by atoms with Crippen molar-refractivity contribution in [1.82, 2.24) is 0 Å². The zero-order chi connectivity index (χ0) is 11.7. The van der Waals surface area contributed by atoms with Crippen LogP contribution in [0.4, 0.5) is 0 Å². The molecule has 0 aliphatic heterocycles. The van der Waals surface area contributed by atoms with Gasteiger partial charge in [-0.25, -0.2) is 0 Å². The molecule has 16 heavy (non-hydrogen) atoms. The molecule has 0 amide bonds. The van der Waals surface area contributed by atoms with E-state index in [0.717, 1.165) is 14.9 Å². The predicted octanol–water partition coefficient (Wildman–Crippen LogP) is 4.55. The fourth-order valence-electron chi connectivity index (χ4n) is 1.41. The van der Waals surface area contributed by atoms with Gasteiger partial charge in [0.1, 0.15) is 10.4 Å². The normalized spacial score (nSPS) is 12.8. The van der Waals surface area contributed by atoms with Crippen molar-refractivity contribution < 1.29 is 5.11 Å². The number of hydrogen-bond acceptors (Lipinski definition) is 2. The van der Waals surface area contributed by atoms with Crippen molar-refractivity contribution in [2.45, 2.75) is 13.0 Å². The Balaban J connectivity index is 2.31. The second-order valence-electron chi connectivity index (χ2n) is 3.58. The smallest absolute Gasteiger partial charge is 0.113 e. The summed E-state index contributed by atoms with van der Waals surface area (Å²) in [5.41, 5.74) is 2.07. The Morgan fingerprint density at radius 1 is 1.31 bits per heavy atom. The Bertz CT molecular complexity index is 473. The van der Waals surface area contributed by atoms with Crippen LogP contribution < -0.4 is 0 Å². The van der Waals surface area contributed by atoms with Gasteiger partial charge in [-0.1, -0.05) is 41.4 Å². The van der Waals surface area contributed by atoms with Gasteiger partial charge in [-0.2, -0.15) is 0 Å². The molecule has 4 heteroatoms. The molecule has 1 atom stereocenters. The van der Waals surface area contributed by atoms with Crippen molar-refractivity contribution in [2.24, 2.45) is 0 Å². The van der Waals surface area contributed by atoms with Crippen LogP contribution in [0.25, 0.3) is 0 Å². The number of halogens is 2. The summed E-state index contributed by atoms with van der Waals surface area (Å²) in [5.74, 6) is 0. The van der Waals surface area contributed by atoms with E-state index in [-0.39, 0.29) is 0 Å². The van der Waals surface area contributed by atoms with E-state index in [2.05, 4.69) is 15.9 Å². The minimum Gasteiger partial charge on any atom is -0.383 e. The molecular formula is C12H10BrClOS. The summed E-state index contributed by atoms with van der Waals surface area (Å²) in [6, 6.07) is 9.70. The quantitative estimate of drug-likeness (QED) is 0.861. The summed E-state index contributed by atoms with van der Waals surface area (Å²) in [7, 11) is 0. The molecule has 0 radical (unpaired) electrons. The molecule has 0 bridgehead atoms. The molecule has 0 fully saturated rings. The minimum absolute atomic E-state index is 0.602. The number of aryl methyl sites for hydroxylation is 1. The first-order chi connectivity index (χ1) is 7.58. The lowest BCUT2D eigenvalue weighted by Crippen LogP contribution is -1.96. The van der Waals surface area contributed by atoms with Crippen LogP contribution in [0.2, 0.25) is 4.34 Å². The molecule has 2 aromatic rings. The number of hydrogen-bond donors (Lipinski definition) is 1. The summed E-state index contributed by atoms with van der Waals surface area (Å²) in [6.07, 6.45) is -0.602. The van der Waals surface area contributed by atoms with E-state index >= 15 is 0 Å². The van der Waals surface area contributed by atoms with Crippen molar-refractivity contribution in [2.75, 3.05) is 0 Å². The lowest BCUT2D eigenvalue weighted by Gasteiger charge is -2.08. The van der Waals surface area contributed by atoms with Gasteiger partial charge in [0.2, 0.25) is 0 Å². The zero-order valence-corrected chi connectivity index (χ0v) is 11.7. The van der Waals surface area contributed by atoms with E-state index < -0.39 is 6.10 Å². The van der Waals surface area contributed by atoms with Crippen molar-refractivity contribution in [3.8, 4) is 0 Å². The van der Waals surface area contributed by atoms with E-state index in [1.807, 2.05) is 37.3 Å². The van der Waals surface area contributed by atoms with Crippen molar-refractivity contribution in [3.05, 3.63) is 55.1 Å². The fraction of sp³-hybridized carbons (Fsp3) is 0.167. The average Bonchev–Trinajstić information content (AvgIpc) is 2.59. The zero-order valence-electron chi connectivity index (χ0n) is 8.58. The van der Waals surface area contributed by atoms with E-state index in [9.17, 15) is 5.11 Å². The number of thiophene rings is 1. The largest absolute Gasteiger partial charge is 0.383 e. The van der Waals surface area contributed by atoms with Gasteiger partial charge in [-0.3, -0.25) is 0 Å². The van der Waals surface area contributed by atoms with Gasteiger partial charge in [0.05, 0.1) is 0 Å². The molecule has 1 nitrogen and oxygen atoms in total. The van der Waals surface area contributed by atoms with Crippen LogP contribution in [-0.4, -0.2) is 5.11 Å². The van der Waals surface area contributed by atoms with Gasteiger partial charge >= 0.3 is 0 Å². The summed E-state index contributed by atoms with van der Waals surface area (Å²) in [5, 5.41) is 10.2. The van der Waals surface area contributed by atoms with Crippen LogP contribution >= 0.6 is 38.9 Å². The maximum atomic E-state index is 10.2. The Kier molecular flexibility index (Phi) is 3.70. The van der Waals surface area contributed by atoms with Crippen LogP contribution in [-0.2, 0) is 0 Å². The highest BCUT2D eigenvalue weighted by Crippen LogP contribution is 2.37. The molecule has 0 spiro atoms. The topological polar surface area (TPSA) is 20.2 Å². The summed E-state index contributed by atoms with van der Waals surface area (Å²) >= 11 is 10.7. The van der Waals surface area contributed by atoms with Gasteiger partial charge < -0.3 is 5.11 Å². The highest BCUT2D eigenvalue weighted by Gasteiger charge is 2.14. The number of aliphatic hydroxyl groups excluding tert-OH is 1. The molecule has 0 aliphatic carbocycles. The maximum absolute atomic E-state index is 10.2. The molecule has 2 rings (SSSR count). The highest BCUT2D eigenvalue weighted by molar-refractivity contribution is 9.10. The molecule has 1 unspecified atom stereocenters. The third kappa shape index (κ3) is 2.48. The summed E-state index contributed by atoms with van der Waals surface area (Å²) in [4.78, 5) is 0.848. The van der Waals surface area contributed by atoms with Crippen molar-refractivity contribution in [1.29, 1.82) is 0 Å². The Labute approximate surface area is 112 Å². The van der Waals surface area contributed by atoms with Gasteiger partial charge in [-0.15, -0.1) is 11.3 Å². The van der Waals surface area contributed by atoms with E-state index in [1.54, 1.807) is 0 Å². The summed E-state index contributed by atoms with van der Waals surface area (Å²) in [6.45, 7) is 2.02. The lowest BCUT2D eigenvalue weighted by molar-refractivity contribution is 0.224. The number of aliphatic hydroxyl groups is 1. The van der Waals surface area contributed by atoms with Gasteiger partial charge in [0.25, 0.3) is 0 Å². The van der Waals surface area contributed by atoms with Crippen LogP contribution in [0.5, 0.6) is 0 Å². The van der Waals surface area contributed by atoms with Crippen molar-refractivity contribution >= 4 is 38.9 Å². The van der Waals surface area contributed by atoms with Gasteiger partial charge in [-0.05, 0) is 34.5 Å². The van der Waals surface area contributed by atoms with E-state index in [4.69, 9.17) is 11.6 Å². The lowest BCUT2D eigenvalue weighted by atomic mass is 10.1. The molecule has 0 saturated carbocycles. The predicted molar refractivity (Wildman–Crippen MR) is 72.3 cm³/mol. The Morgan fingerprint density at radius 2 is 1.94 bits per heavy atom. The Morgan fingerprint density at radius 3 is 2.44 bits per heavy atom. The molecule has 0 saturated heterocycles. The Hall–Kier alpha value is -0.350. The second kappa shape index (κ2) is 4.88. The van der Waals surface area contributed by atoms with E-state index in [0.29, 0.717) is 4.34 Å². The summed E-state index contributed by atoms with van der Waals surface area (Å²) < 4.78 is 1.50. The van der Waals surface area contributed by atoms with Gasteiger partial charge in [0, 0.05) is 9.35 Å². The maximum Gasteiger partial charge on any atom is 0.113 e. The molecule has 1 heterocycles. The van der Waals surface area contributed by atoms with Gasteiger partial charge in [0.15, 0.2) is 0 Å². The minimum atomic E-state index is -0.602. The monoisotopic (exact) mass is 316 g/mol. The van der Waals surface area contributed by atoms with Crippen LogP contribution in [0, 0.1) is 6.92 Å². The first-order valence-electron chi connectivity index (χ1n) is 4.77. The molecule has 1 aromatic heterocycles. The first kappa shape index (κ1) is 12.1. The van der Waals surface area contributed by atoms with Crippen LogP contribution in [0.1, 0.15) is 22.1 Å². The number of benzene rings is 1. The standard InChI is InChI=1S/C12H10BrClOS/c1-7-2-4-8(5-3-7)11(15)10-6-9(13)12(14)16-10/h2-6,11,15H,1H3. The molecular weight excluding hydrogens is 308 g/mol. The SMILES string of the molecule is Cc1ccc(C(O)c2cc(Br)c(Cl)s2)cc1. The number of rotatable bonds is 2. The molecule has 0 aliphatic rings. The van der Waals surface area contributed by atoms with Crippen molar-refractivity contribution in [3.63, 3.8) is 0 Å². The molecule has 1 aromatic carbocycles. The molecule has 1 N–H and O–H groups in total. The van der Waals surface area contributed by atoms with Crippen LogP contribution in [0.3, 0.4) is 0 Å². The first-order valence-corrected chi connectivity index (χ1v) is 6.76. The van der Waals surface area contributed by atoms with E-state index in [1.165, 1.54) is 16.9 Å². The third-order valence-corrected chi connectivity index (χ3v) is 4.85. The second-order valence-corrected chi connectivity index (χ2v) is 6.12. The van der Waals surface area contributed by atoms with Crippen LogP contribution in [0.15, 0.2) is 34.8 Å². The fourth-order valence-corrected chi connectivity index (χ4v) is 3.16.